The molecule has 0 saturated heterocycles. The summed E-state index contributed by atoms with van der Waals surface area (Å²) in [5, 5.41) is 10.4. The second kappa shape index (κ2) is 4.25. The summed E-state index contributed by atoms with van der Waals surface area (Å²) < 4.78 is 0.977. The highest BCUT2D eigenvalue weighted by molar-refractivity contribution is 9.10. The van der Waals surface area contributed by atoms with Crippen molar-refractivity contribution in [2.45, 2.75) is 18.8 Å². The number of carbonyl (C=O) groups is 2. The Hall–Kier alpha value is -1.36. The minimum atomic E-state index is -1.30. The van der Waals surface area contributed by atoms with Gasteiger partial charge in [-0.1, -0.05) is 22.0 Å². The third-order valence-corrected chi connectivity index (χ3v) is 3.22. The number of carboxylic acid groups (broad SMARTS) is 1. The van der Waals surface area contributed by atoms with Crippen LogP contribution >= 0.6 is 15.9 Å². The molecule has 0 spiro atoms. The van der Waals surface area contributed by atoms with Gasteiger partial charge >= 0.3 is 6.09 Å². The van der Waals surface area contributed by atoms with Crippen LogP contribution in [0.2, 0.25) is 0 Å². The fraction of sp³-hybridized carbons (Fsp3) is 0.273. The molecule has 2 amide bonds. The summed E-state index contributed by atoms with van der Waals surface area (Å²) in [6.07, 6.45) is 0.188. The SMILES string of the molecule is O=C(O)NC(=O)C1CCc2cc(Br)ccc21. The highest BCUT2D eigenvalue weighted by Crippen LogP contribution is 2.34. The quantitative estimate of drug-likeness (QED) is 0.831. The zero-order chi connectivity index (χ0) is 11.7. The summed E-state index contributed by atoms with van der Waals surface area (Å²) >= 11 is 3.37. The van der Waals surface area contributed by atoms with Gasteiger partial charge in [0.25, 0.3) is 0 Å². The Morgan fingerprint density at radius 3 is 2.88 bits per heavy atom. The molecule has 2 N–H and O–H groups in total. The number of carbonyl (C=O) groups excluding carboxylic acids is 1. The molecule has 0 fully saturated rings. The Bertz CT molecular complexity index is 459. The van der Waals surface area contributed by atoms with Gasteiger partial charge in [-0.25, -0.2) is 4.79 Å². The van der Waals surface area contributed by atoms with E-state index in [2.05, 4.69) is 15.9 Å². The second-order valence-electron chi connectivity index (χ2n) is 3.73. The van der Waals surface area contributed by atoms with Crippen molar-refractivity contribution in [2.24, 2.45) is 0 Å². The lowest BCUT2D eigenvalue weighted by atomic mass is 10.0. The van der Waals surface area contributed by atoms with E-state index in [1.54, 1.807) is 0 Å². The lowest BCUT2D eigenvalue weighted by Gasteiger charge is -2.09. The number of nitrogens with one attached hydrogen (secondary N) is 1. The van der Waals surface area contributed by atoms with Gasteiger partial charge in [0.15, 0.2) is 0 Å². The normalized spacial score (nSPS) is 17.9. The van der Waals surface area contributed by atoms with Gasteiger partial charge < -0.3 is 5.11 Å². The van der Waals surface area contributed by atoms with Gasteiger partial charge in [-0.2, -0.15) is 0 Å². The molecular weight excluding hydrogens is 274 g/mol. The van der Waals surface area contributed by atoms with Crippen molar-refractivity contribution < 1.29 is 14.7 Å². The lowest BCUT2D eigenvalue weighted by Crippen LogP contribution is -2.32. The highest BCUT2D eigenvalue weighted by Gasteiger charge is 2.29. The van der Waals surface area contributed by atoms with Gasteiger partial charge in [0.1, 0.15) is 0 Å². The molecule has 5 heteroatoms. The number of aryl methyl sites for hydroxylation is 1. The topological polar surface area (TPSA) is 66.4 Å². The van der Waals surface area contributed by atoms with Crippen molar-refractivity contribution in [3.8, 4) is 0 Å². The van der Waals surface area contributed by atoms with Gasteiger partial charge in [-0.3, -0.25) is 10.1 Å². The molecule has 0 aromatic heterocycles. The summed E-state index contributed by atoms with van der Waals surface area (Å²) in [5.41, 5.74) is 2.04. The van der Waals surface area contributed by atoms with Crippen LogP contribution in [-0.4, -0.2) is 17.1 Å². The minimum absolute atomic E-state index is 0.334. The van der Waals surface area contributed by atoms with Crippen molar-refractivity contribution in [1.82, 2.24) is 5.32 Å². The zero-order valence-corrected chi connectivity index (χ0v) is 9.95. The molecule has 1 atom stereocenters. The van der Waals surface area contributed by atoms with Crippen LogP contribution in [0, 0.1) is 0 Å². The fourth-order valence-electron chi connectivity index (χ4n) is 2.05. The fourth-order valence-corrected chi connectivity index (χ4v) is 2.46. The molecule has 84 valence electrons. The van der Waals surface area contributed by atoms with Crippen molar-refractivity contribution in [2.75, 3.05) is 0 Å². The number of halogens is 1. The molecule has 1 unspecified atom stereocenters. The number of rotatable bonds is 1. The van der Waals surface area contributed by atoms with E-state index in [1.165, 1.54) is 0 Å². The van der Waals surface area contributed by atoms with Crippen LogP contribution in [0.5, 0.6) is 0 Å². The van der Waals surface area contributed by atoms with Crippen LogP contribution < -0.4 is 5.32 Å². The van der Waals surface area contributed by atoms with E-state index in [4.69, 9.17) is 5.11 Å². The van der Waals surface area contributed by atoms with E-state index in [1.807, 2.05) is 23.5 Å². The van der Waals surface area contributed by atoms with E-state index in [0.717, 1.165) is 22.0 Å². The van der Waals surface area contributed by atoms with Crippen molar-refractivity contribution >= 4 is 27.9 Å². The monoisotopic (exact) mass is 283 g/mol. The minimum Gasteiger partial charge on any atom is -0.465 e. The molecule has 1 aliphatic rings. The molecule has 0 radical (unpaired) electrons. The molecule has 1 aliphatic carbocycles. The number of hydrogen-bond acceptors (Lipinski definition) is 2. The van der Waals surface area contributed by atoms with Gasteiger partial charge in [-0.05, 0) is 36.1 Å². The van der Waals surface area contributed by atoms with Crippen molar-refractivity contribution in [1.29, 1.82) is 0 Å². The van der Waals surface area contributed by atoms with Crippen molar-refractivity contribution in [3.63, 3.8) is 0 Å². The molecular formula is C11H10BrNO3. The van der Waals surface area contributed by atoms with Crippen molar-refractivity contribution in [3.05, 3.63) is 33.8 Å². The van der Waals surface area contributed by atoms with Crippen LogP contribution in [0.4, 0.5) is 4.79 Å². The summed E-state index contributed by atoms with van der Waals surface area (Å²) in [5.74, 6) is -0.771. The summed E-state index contributed by atoms with van der Waals surface area (Å²) in [4.78, 5) is 22.0. The average Bonchev–Trinajstić information content (AvgIpc) is 2.59. The van der Waals surface area contributed by atoms with E-state index < -0.39 is 12.0 Å². The smallest absolute Gasteiger partial charge is 0.411 e. The Balaban J connectivity index is 2.23. The Morgan fingerprint density at radius 2 is 2.19 bits per heavy atom. The Kier molecular flexibility index (Phi) is 2.96. The second-order valence-corrected chi connectivity index (χ2v) is 4.64. The molecule has 0 heterocycles. The first-order valence-electron chi connectivity index (χ1n) is 4.90. The average molecular weight is 284 g/mol. The zero-order valence-electron chi connectivity index (χ0n) is 8.37. The molecule has 1 aromatic carbocycles. The number of benzene rings is 1. The maximum Gasteiger partial charge on any atom is 0.411 e. The van der Waals surface area contributed by atoms with Crippen LogP contribution in [0.1, 0.15) is 23.5 Å². The first-order valence-corrected chi connectivity index (χ1v) is 5.69. The Labute approximate surface area is 101 Å². The molecule has 0 bridgehead atoms. The van der Waals surface area contributed by atoms with Crippen LogP contribution in [0.25, 0.3) is 0 Å². The highest BCUT2D eigenvalue weighted by atomic mass is 79.9. The molecule has 16 heavy (non-hydrogen) atoms. The molecule has 2 rings (SSSR count). The van der Waals surface area contributed by atoms with E-state index in [-0.39, 0.29) is 5.92 Å². The number of fused-ring (bicyclic) bond motifs is 1. The van der Waals surface area contributed by atoms with E-state index in [9.17, 15) is 9.59 Å². The molecule has 0 aliphatic heterocycles. The first kappa shape index (κ1) is 11.1. The van der Waals surface area contributed by atoms with E-state index >= 15 is 0 Å². The van der Waals surface area contributed by atoms with Gasteiger partial charge in [-0.15, -0.1) is 0 Å². The summed E-state index contributed by atoms with van der Waals surface area (Å²) in [6.45, 7) is 0. The summed E-state index contributed by atoms with van der Waals surface area (Å²) in [7, 11) is 0. The predicted octanol–water partition coefficient (Wildman–Crippen LogP) is 2.27. The largest absolute Gasteiger partial charge is 0.465 e. The van der Waals surface area contributed by atoms with Gasteiger partial charge in [0, 0.05) is 4.47 Å². The third kappa shape index (κ3) is 2.09. The maximum atomic E-state index is 11.6. The van der Waals surface area contributed by atoms with Crippen LogP contribution in [0.15, 0.2) is 22.7 Å². The molecule has 1 aromatic rings. The maximum absolute atomic E-state index is 11.6. The number of hydrogen-bond donors (Lipinski definition) is 2. The van der Waals surface area contributed by atoms with Crippen LogP contribution in [0.3, 0.4) is 0 Å². The molecule has 0 saturated carbocycles. The first-order chi connectivity index (χ1) is 7.58. The van der Waals surface area contributed by atoms with Crippen LogP contribution in [-0.2, 0) is 11.2 Å². The number of imide groups is 1. The standard InChI is InChI=1S/C11H10BrNO3/c12-7-2-4-8-6(5-7)1-3-9(8)10(14)13-11(15)16/h2,4-5,9H,1,3H2,(H,13,14)(H,15,16). The summed E-state index contributed by atoms with van der Waals surface area (Å²) in [6, 6.07) is 5.72. The Morgan fingerprint density at radius 1 is 1.44 bits per heavy atom. The van der Waals surface area contributed by atoms with Gasteiger partial charge in [0.05, 0.1) is 5.92 Å². The van der Waals surface area contributed by atoms with E-state index in [0.29, 0.717) is 6.42 Å². The number of amides is 2. The third-order valence-electron chi connectivity index (χ3n) is 2.73. The lowest BCUT2D eigenvalue weighted by molar-refractivity contribution is -0.121. The predicted molar refractivity (Wildman–Crippen MR) is 61.4 cm³/mol. The van der Waals surface area contributed by atoms with Gasteiger partial charge in [0.2, 0.25) is 5.91 Å². The molecule has 4 nitrogen and oxygen atoms in total.